The predicted molar refractivity (Wildman–Crippen MR) is 54.7 cm³/mol. The Hall–Kier alpha value is -0.780. The highest BCUT2D eigenvalue weighted by Crippen LogP contribution is 1.93. The molecule has 0 unspecified atom stereocenters. The van der Waals surface area contributed by atoms with Gasteiger partial charge in [-0.15, -0.1) is 6.58 Å². The Balaban J connectivity index is 0. The van der Waals surface area contributed by atoms with Crippen molar-refractivity contribution in [1.82, 2.24) is 0 Å². The monoisotopic (exact) mass is 152 g/mol. The summed E-state index contributed by atoms with van der Waals surface area (Å²) in [5, 5.41) is 0. The van der Waals surface area contributed by atoms with Crippen LogP contribution in [0.15, 0.2) is 36.5 Å². The van der Waals surface area contributed by atoms with E-state index < -0.39 is 0 Å². The largest absolute Gasteiger partial charge is 0.103 e. The quantitative estimate of drug-likeness (QED) is 0.412. The van der Waals surface area contributed by atoms with Gasteiger partial charge >= 0.3 is 0 Å². The third-order valence-corrected chi connectivity index (χ3v) is 1.07. The zero-order chi connectivity index (χ0) is 9.11. The second-order valence-corrected chi connectivity index (χ2v) is 2.25. The molecule has 0 heterocycles. The lowest BCUT2D eigenvalue weighted by molar-refractivity contribution is 1.22. The van der Waals surface area contributed by atoms with Crippen LogP contribution in [0.4, 0.5) is 0 Å². The van der Waals surface area contributed by atoms with Crippen molar-refractivity contribution in [3.8, 4) is 0 Å². The molecule has 0 atom stereocenters. The Morgan fingerprint density at radius 1 is 1.36 bits per heavy atom. The fourth-order valence-corrected chi connectivity index (χ4v) is 0.400. The van der Waals surface area contributed by atoms with E-state index in [-0.39, 0.29) is 0 Å². The molecule has 0 aliphatic rings. The number of hydrogen-bond donors (Lipinski definition) is 0. The minimum atomic E-state index is 1.13. The maximum absolute atomic E-state index is 3.36. The summed E-state index contributed by atoms with van der Waals surface area (Å²) in [5.41, 5.74) is 1.34. The molecule has 0 aromatic carbocycles. The fraction of sp³-hybridized carbons (Fsp3) is 0.455. The third kappa shape index (κ3) is 17.6. The topological polar surface area (TPSA) is 0 Å². The van der Waals surface area contributed by atoms with Crippen LogP contribution in [0.1, 0.15) is 34.1 Å². The first kappa shape index (κ1) is 12.9. The van der Waals surface area contributed by atoms with Crippen LogP contribution >= 0.6 is 0 Å². The third-order valence-electron chi connectivity index (χ3n) is 1.07. The summed E-state index contributed by atoms with van der Waals surface area (Å²) in [6.07, 6.45) is 9.28. The molecule has 0 rings (SSSR count). The summed E-state index contributed by atoms with van der Waals surface area (Å²) >= 11 is 0. The van der Waals surface area contributed by atoms with Crippen LogP contribution < -0.4 is 0 Å². The number of allylic oxidation sites excluding steroid dienone is 5. The van der Waals surface area contributed by atoms with Crippen molar-refractivity contribution in [2.45, 2.75) is 34.1 Å². The molecule has 0 aromatic rings. The van der Waals surface area contributed by atoms with Crippen molar-refractivity contribution in [2.24, 2.45) is 0 Å². The molecule has 0 amide bonds. The van der Waals surface area contributed by atoms with Crippen molar-refractivity contribution < 1.29 is 0 Å². The Morgan fingerprint density at radius 2 is 1.82 bits per heavy atom. The minimum absolute atomic E-state index is 1.13. The standard InChI is InChI=1S/C8H14.C3H6/c1-4-6-7-8(3)5-2;1-3-2/h5-7H,4H2,1-3H3;3H,1H2,2H3/b7-6+,8-5-;. The first-order chi connectivity index (χ1) is 5.22. The van der Waals surface area contributed by atoms with Gasteiger partial charge in [0, 0.05) is 0 Å². The summed E-state index contributed by atoms with van der Waals surface area (Å²) in [6, 6.07) is 0. The highest BCUT2D eigenvalue weighted by molar-refractivity contribution is 5.14. The van der Waals surface area contributed by atoms with E-state index in [4.69, 9.17) is 0 Å². The maximum atomic E-state index is 3.36. The molecule has 0 saturated heterocycles. The fourth-order valence-electron chi connectivity index (χ4n) is 0.400. The molecular weight excluding hydrogens is 132 g/mol. The average Bonchev–Trinajstić information content (AvgIpc) is 2.02. The molecule has 0 nitrogen and oxygen atoms in total. The van der Waals surface area contributed by atoms with Crippen molar-refractivity contribution in [2.75, 3.05) is 0 Å². The Bertz CT molecular complexity index is 127. The van der Waals surface area contributed by atoms with Gasteiger partial charge in [-0.3, -0.25) is 0 Å². The SMILES string of the molecule is C/C=C(C)\C=C\CC.C=CC. The van der Waals surface area contributed by atoms with Crippen molar-refractivity contribution in [1.29, 1.82) is 0 Å². The number of hydrogen-bond acceptors (Lipinski definition) is 0. The summed E-state index contributed by atoms with van der Waals surface area (Å²) < 4.78 is 0. The minimum Gasteiger partial charge on any atom is -0.103 e. The molecular formula is C11H20. The van der Waals surface area contributed by atoms with E-state index in [1.807, 2.05) is 6.92 Å². The van der Waals surface area contributed by atoms with Gasteiger partial charge in [-0.05, 0) is 27.2 Å². The van der Waals surface area contributed by atoms with Crippen molar-refractivity contribution >= 4 is 0 Å². The van der Waals surface area contributed by atoms with Gasteiger partial charge in [-0.2, -0.15) is 0 Å². The molecule has 0 saturated carbocycles. The van der Waals surface area contributed by atoms with Gasteiger partial charge in [-0.25, -0.2) is 0 Å². The van der Waals surface area contributed by atoms with Gasteiger partial charge in [0.2, 0.25) is 0 Å². The Morgan fingerprint density at radius 3 is 2.09 bits per heavy atom. The highest BCUT2D eigenvalue weighted by Gasteiger charge is 1.72. The molecule has 0 bridgehead atoms. The molecule has 0 spiro atoms. The van der Waals surface area contributed by atoms with E-state index in [0.717, 1.165) is 6.42 Å². The number of rotatable bonds is 2. The lowest BCUT2D eigenvalue weighted by Gasteiger charge is -1.84. The van der Waals surface area contributed by atoms with Gasteiger partial charge in [0.25, 0.3) is 0 Å². The molecule has 11 heavy (non-hydrogen) atoms. The summed E-state index contributed by atoms with van der Waals surface area (Å²) in [4.78, 5) is 0. The van der Waals surface area contributed by atoms with E-state index in [2.05, 4.69) is 45.6 Å². The molecule has 0 aliphatic heterocycles. The zero-order valence-electron chi connectivity index (χ0n) is 8.22. The maximum Gasteiger partial charge on any atom is -0.0376 e. The second-order valence-electron chi connectivity index (χ2n) is 2.25. The smallest absolute Gasteiger partial charge is 0.0376 e. The molecule has 0 radical (unpaired) electrons. The van der Waals surface area contributed by atoms with Crippen LogP contribution in [0.5, 0.6) is 0 Å². The first-order valence-electron chi connectivity index (χ1n) is 4.09. The van der Waals surface area contributed by atoms with E-state index in [0.29, 0.717) is 0 Å². The molecule has 0 aliphatic carbocycles. The van der Waals surface area contributed by atoms with Crippen LogP contribution in [-0.2, 0) is 0 Å². The van der Waals surface area contributed by atoms with E-state index >= 15 is 0 Å². The van der Waals surface area contributed by atoms with Crippen molar-refractivity contribution in [3.63, 3.8) is 0 Å². The summed E-state index contributed by atoms with van der Waals surface area (Å²) in [5.74, 6) is 0. The van der Waals surface area contributed by atoms with E-state index in [9.17, 15) is 0 Å². The van der Waals surface area contributed by atoms with Crippen LogP contribution in [0, 0.1) is 0 Å². The van der Waals surface area contributed by atoms with E-state index in [1.165, 1.54) is 5.57 Å². The van der Waals surface area contributed by atoms with Crippen molar-refractivity contribution in [3.05, 3.63) is 36.5 Å². The molecule has 64 valence electrons. The van der Waals surface area contributed by atoms with Gasteiger partial charge in [-0.1, -0.05) is 36.8 Å². The highest BCUT2D eigenvalue weighted by atomic mass is 13.8. The molecule has 0 aromatic heterocycles. The van der Waals surface area contributed by atoms with Crippen LogP contribution in [0.2, 0.25) is 0 Å². The average molecular weight is 152 g/mol. The summed E-state index contributed by atoms with van der Waals surface area (Å²) in [7, 11) is 0. The lowest BCUT2D eigenvalue weighted by atomic mass is 10.2. The van der Waals surface area contributed by atoms with Crippen LogP contribution in [-0.4, -0.2) is 0 Å². The van der Waals surface area contributed by atoms with Crippen LogP contribution in [0.25, 0.3) is 0 Å². The van der Waals surface area contributed by atoms with E-state index in [1.54, 1.807) is 6.08 Å². The lowest BCUT2D eigenvalue weighted by Crippen LogP contribution is -1.62. The zero-order valence-corrected chi connectivity index (χ0v) is 8.22. The Labute approximate surface area is 71.3 Å². The normalized spacial score (nSPS) is 10.7. The van der Waals surface area contributed by atoms with Gasteiger partial charge in [0.05, 0.1) is 0 Å². The van der Waals surface area contributed by atoms with Crippen LogP contribution in [0.3, 0.4) is 0 Å². The molecule has 0 heteroatoms. The molecule has 0 N–H and O–H groups in total. The molecule has 0 fully saturated rings. The first-order valence-corrected chi connectivity index (χ1v) is 4.09. The van der Waals surface area contributed by atoms with Gasteiger partial charge in [0.15, 0.2) is 0 Å². The Kier molecular flexibility index (Phi) is 14.0. The second kappa shape index (κ2) is 12.0. The predicted octanol–water partition coefficient (Wildman–Crippen LogP) is 4.11. The van der Waals surface area contributed by atoms with Gasteiger partial charge < -0.3 is 0 Å². The van der Waals surface area contributed by atoms with Gasteiger partial charge in [0.1, 0.15) is 0 Å². The summed E-state index contributed by atoms with van der Waals surface area (Å²) in [6.45, 7) is 11.5.